The second-order valence-corrected chi connectivity index (χ2v) is 12.7. The zero-order valence-electron chi connectivity index (χ0n) is 21.4. The molecule has 2 heterocycles. The number of nitrogens with zero attached hydrogens (tertiary/aromatic N) is 4. The van der Waals surface area contributed by atoms with E-state index in [1.54, 1.807) is 13.1 Å². The first-order chi connectivity index (χ1) is 18.8. The number of rotatable bonds is 7. The number of nitrogens with one attached hydrogen (secondary N) is 1. The van der Waals surface area contributed by atoms with Gasteiger partial charge in [0.2, 0.25) is 11.8 Å². The van der Waals surface area contributed by atoms with Crippen molar-refractivity contribution in [2.24, 2.45) is 5.92 Å². The second-order valence-electron chi connectivity index (χ2n) is 10.3. The van der Waals surface area contributed by atoms with E-state index < -0.39 is 81.2 Å². The van der Waals surface area contributed by atoms with Gasteiger partial charge in [0.1, 0.15) is 22.8 Å². The van der Waals surface area contributed by atoms with E-state index in [4.69, 9.17) is 0 Å². The summed E-state index contributed by atoms with van der Waals surface area (Å²) in [6.07, 6.45) is 2.31. The van der Waals surface area contributed by atoms with Crippen molar-refractivity contribution in [3.63, 3.8) is 0 Å². The number of carbonyl (C=O) groups excluding carboxylic acids is 2. The third-order valence-electron chi connectivity index (χ3n) is 7.15. The summed E-state index contributed by atoms with van der Waals surface area (Å²) in [7, 11) is -10.1. The van der Waals surface area contributed by atoms with Crippen LogP contribution in [-0.4, -0.2) is 46.2 Å². The predicted octanol–water partition coefficient (Wildman–Crippen LogP) is 6.45. The number of anilines is 1. The highest BCUT2D eigenvalue weighted by atomic mass is 32.5. The van der Waals surface area contributed by atoms with Gasteiger partial charge in [0.15, 0.2) is 6.19 Å². The molecule has 1 saturated carbocycles. The first kappa shape index (κ1) is 30.4. The van der Waals surface area contributed by atoms with Crippen LogP contribution >= 0.6 is 10.2 Å². The van der Waals surface area contributed by atoms with Crippen molar-refractivity contribution in [2.75, 3.05) is 11.4 Å². The van der Waals surface area contributed by atoms with Gasteiger partial charge in [-0.1, -0.05) is 26.4 Å². The average molecular weight is 612 g/mol. The van der Waals surface area contributed by atoms with Gasteiger partial charge in [-0.25, -0.2) is 13.2 Å². The number of amides is 2. The molecule has 2 aromatic rings. The van der Waals surface area contributed by atoms with Gasteiger partial charge < -0.3 is 5.32 Å². The van der Waals surface area contributed by atoms with Crippen molar-refractivity contribution >= 4 is 27.7 Å². The van der Waals surface area contributed by atoms with E-state index in [1.807, 2.05) is 0 Å². The molecule has 3 unspecified atom stereocenters. The van der Waals surface area contributed by atoms with Crippen molar-refractivity contribution in [1.29, 1.82) is 5.26 Å². The number of aromatic nitrogens is 1. The SMILES string of the molecule is CC1CN(C#N)C1C(=O)N(c1ccc(S(F)(F)(F)(F)F)cc1)C(C(=O)NC1CCC(F)(F)CC1)c1cncc(F)c1. The fraction of sp³-hybridized carbons (Fsp3) is 0.440. The van der Waals surface area contributed by atoms with Gasteiger partial charge >= 0.3 is 10.2 Å². The highest BCUT2D eigenvalue weighted by Gasteiger charge is 2.65. The zero-order chi connectivity index (χ0) is 30.4. The summed E-state index contributed by atoms with van der Waals surface area (Å²) < 4.78 is 109. The molecule has 1 aromatic carbocycles. The molecule has 2 aliphatic rings. The lowest BCUT2D eigenvalue weighted by Gasteiger charge is -2.45. The van der Waals surface area contributed by atoms with Gasteiger partial charge in [-0.3, -0.25) is 24.4 Å². The Hall–Kier alpha value is -3.61. The first-order valence-corrected chi connectivity index (χ1v) is 14.4. The molecule has 2 fully saturated rings. The molecule has 1 aliphatic carbocycles. The van der Waals surface area contributed by atoms with E-state index in [-0.39, 0.29) is 37.1 Å². The van der Waals surface area contributed by atoms with Gasteiger partial charge in [0.05, 0.1) is 6.20 Å². The number of hydrogen-bond donors (Lipinski definition) is 1. The van der Waals surface area contributed by atoms with E-state index in [0.29, 0.717) is 17.0 Å². The van der Waals surface area contributed by atoms with Crippen molar-refractivity contribution in [2.45, 2.75) is 61.6 Å². The van der Waals surface area contributed by atoms with Crippen molar-refractivity contribution < 1.29 is 42.2 Å². The maximum Gasteiger partial charge on any atom is 0.310 e. The number of alkyl halides is 2. The van der Waals surface area contributed by atoms with Gasteiger partial charge in [-0.2, -0.15) is 5.26 Å². The van der Waals surface area contributed by atoms with Crippen LogP contribution in [0, 0.1) is 23.2 Å². The van der Waals surface area contributed by atoms with Crippen LogP contribution in [0.5, 0.6) is 0 Å². The molecule has 0 radical (unpaired) electrons. The van der Waals surface area contributed by atoms with Crippen molar-refractivity contribution in [1.82, 2.24) is 15.2 Å². The number of pyridine rings is 1. The summed E-state index contributed by atoms with van der Waals surface area (Å²) >= 11 is 0. The zero-order valence-corrected chi connectivity index (χ0v) is 22.2. The average Bonchev–Trinajstić information content (AvgIpc) is 2.85. The Morgan fingerprint density at radius 3 is 2.24 bits per heavy atom. The van der Waals surface area contributed by atoms with Crippen LogP contribution in [0.25, 0.3) is 0 Å². The minimum atomic E-state index is -10.1. The molecule has 2 amide bonds. The monoisotopic (exact) mass is 611 g/mol. The molecule has 0 bridgehead atoms. The number of nitriles is 1. The summed E-state index contributed by atoms with van der Waals surface area (Å²) in [5, 5.41) is 12.0. The Kier molecular flexibility index (Phi) is 7.21. The highest BCUT2D eigenvalue weighted by molar-refractivity contribution is 8.45. The maximum atomic E-state index is 14.2. The third-order valence-corrected chi connectivity index (χ3v) is 8.31. The Bertz CT molecular complexity index is 1370. The smallest absolute Gasteiger partial charge is 0.310 e. The molecule has 41 heavy (non-hydrogen) atoms. The van der Waals surface area contributed by atoms with Gasteiger partial charge in [0, 0.05) is 48.8 Å². The number of carbonyl (C=O) groups is 2. The summed E-state index contributed by atoms with van der Waals surface area (Å²) in [5.74, 6) is -6.26. The van der Waals surface area contributed by atoms with Gasteiger partial charge in [0.25, 0.3) is 5.91 Å². The van der Waals surface area contributed by atoms with Crippen LogP contribution in [0.15, 0.2) is 47.6 Å². The maximum absolute atomic E-state index is 14.2. The Labute approximate surface area is 229 Å². The summed E-state index contributed by atoms with van der Waals surface area (Å²) in [6, 6.07) is -1.65. The summed E-state index contributed by atoms with van der Waals surface area (Å²) in [6.45, 7) is 1.76. The van der Waals surface area contributed by atoms with Crippen molar-refractivity contribution in [3.05, 3.63) is 54.1 Å². The molecular weight excluding hydrogens is 586 g/mol. The molecule has 1 aromatic heterocycles. The minimum absolute atomic E-state index is 0.0610. The molecule has 224 valence electrons. The standard InChI is InChI=1S/C25H25F8N5O2S/c1-15-13-37(14-34)21(15)24(40)38(19-2-4-20(5-3-19)41(29,30,31,32)33)22(16-10-17(26)12-35-11-16)23(39)36-18-6-8-25(27,28)9-7-18/h2-5,10-12,15,18,21-22H,6-9,13H2,1H3,(H,36,39). The Balaban J connectivity index is 1.81. The lowest BCUT2D eigenvalue weighted by Crippen LogP contribution is -2.62. The largest absolute Gasteiger partial charge is 0.351 e. The summed E-state index contributed by atoms with van der Waals surface area (Å²) in [4.78, 5) is 30.7. The molecule has 0 spiro atoms. The number of hydrogen-bond acceptors (Lipinski definition) is 5. The van der Waals surface area contributed by atoms with Crippen LogP contribution in [-0.2, 0) is 9.59 Å². The molecule has 3 atom stereocenters. The van der Waals surface area contributed by atoms with Crippen LogP contribution in [0.1, 0.15) is 44.2 Å². The van der Waals surface area contributed by atoms with E-state index in [2.05, 4.69) is 10.3 Å². The Morgan fingerprint density at radius 2 is 1.73 bits per heavy atom. The molecule has 4 rings (SSSR count). The first-order valence-electron chi connectivity index (χ1n) is 12.4. The molecular formula is C25H25F8N5O2S. The van der Waals surface area contributed by atoms with Gasteiger partial charge in [-0.15, -0.1) is 0 Å². The molecule has 7 nitrogen and oxygen atoms in total. The van der Waals surface area contributed by atoms with Crippen LogP contribution in [0.4, 0.5) is 38.3 Å². The molecule has 1 saturated heterocycles. The third kappa shape index (κ3) is 6.66. The van der Waals surface area contributed by atoms with Crippen molar-refractivity contribution in [3.8, 4) is 6.19 Å². The van der Waals surface area contributed by atoms with Crippen LogP contribution in [0.2, 0.25) is 0 Å². The quantitative estimate of drug-likeness (QED) is 0.287. The topological polar surface area (TPSA) is 89.3 Å². The van der Waals surface area contributed by atoms with Gasteiger partial charge in [-0.05, 0) is 43.2 Å². The van der Waals surface area contributed by atoms with Crippen LogP contribution < -0.4 is 10.2 Å². The number of likely N-dealkylation sites (tertiary alicyclic amines) is 1. The highest BCUT2D eigenvalue weighted by Crippen LogP contribution is 3.02. The van der Waals surface area contributed by atoms with E-state index >= 15 is 0 Å². The van der Waals surface area contributed by atoms with E-state index in [9.17, 15) is 47.5 Å². The van der Waals surface area contributed by atoms with Crippen LogP contribution in [0.3, 0.4) is 0 Å². The fourth-order valence-electron chi connectivity index (χ4n) is 5.04. The van der Waals surface area contributed by atoms with E-state index in [1.165, 1.54) is 0 Å². The lowest BCUT2D eigenvalue weighted by atomic mass is 9.88. The molecule has 16 heteroatoms. The predicted molar refractivity (Wildman–Crippen MR) is 133 cm³/mol. The lowest BCUT2D eigenvalue weighted by molar-refractivity contribution is -0.133. The second kappa shape index (κ2) is 9.74. The number of halogens is 8. The molecule has 1 N–H and O–H groups in total. The molecule has 1 aliphatic heterocycles. The number of benzene rings is 1. The summed E-state index contributed by atoms with van der Waals surface area (Å²) in [5.41, 5.74) is -0.665. The fourth-order valence-corrected chi connectivity index (χ4v) is 5.69. The minimum Gasteiger partial charge on any atom is -0.351 e. The Morgan fingerprint density at radius 1 is 1.12 bits per heavy atom. The normalized spacial score (nSPS) is 23.3. The van der Waals surface area contributed by atoms with E-state index in [0.717, 1.165) is 23.4 Å².